The monoisotopic (exact) mass is 229 g/mol. The molecule has 0 aromatic heterocycles. The largest absolute Gasteiger partial charge is 0.379 e. The summed E-state index contributed by atoms with van der Waals surface area (Å²) in [6.07, 6.45) is 5.42. The predicted octanol–water partition coefficient (Wildman–Crippen LogP) is 2.48. The Morgan fingerprint density at radius 1 is 1.44 bits per heavy atom. The normalized spacial score (nSPS) is 29.1. The molecule has 0 spiro atoms. The van der Waals surface area contributed by atoms with Gasteiger partial charge in [-0.05, 0) is 52.9 Å². The second-order valence-corrected chi connectivity index (χ2v) is 5.73. The van der Waals surface area contributed by atoms with E-state index in [1.165, 1.54) is 12.8 Å². The lowest BCUT2D eigenvalue weighted by Crippen LogP contribution is -2.50. The molecule has 2 atom stereocenters. The number of rotatable bonds is 5. The first-order chi connectivity index (χ1) is 7.40. The maximum absolute atomic E-state index is 6.26. The average molecular weight is 229 g/mol. The lowest BCUT2D eigenvalue weighted by Gasteiger charge is -2.39. The van der Waals surface area contributed by atoms with Crippen LogP contribution in [0, 0.1) is 0 Å². The molecule has 0 radical (unpaired) electrons. The van der Waals surface area contributed by atoms with Gasteiger partial charge < -0.3 is 15.2 Å². The van der Waals surface area contributed by atoms with Crippen LogP contribution in [0.3, 0.4) is 0 Å². The van der Waals surface area contributed by atoms with E-state index >= 15 is 0 Å². The summed E-state index contributed by atoms with van der Waals surface area (Å²) >= 11 is 0. The van der Waals surface area contributed by atoms with Gasteiger partial charge in [0.2, 0.25) is 0 Å². The average Bonchev–Trinajstić information content (AvgIpc) is 2.27. The van der Waals surface area contributed by atoms with Gasteiger partial charge in [-0.2, -0.15) is 0 Å². The standard InChI is InChI=1S/C13H27NO2/c1-12(2,15-4)9-7-11(14)13(3)8-5-6-10-16-13/h11H,5-10,14H2,1-4H3. The van der Waals surface area contributed by atoms with E-state index in [4.69, 9.17) is 15.2 Å². The molecule has 1 saturated heterocycles. The summed E-state index contributed by atoms with van der Waals surface area (Å²) in [6.45, 7) is 7.21. The molecule has 1 heterocycles. The fraction of sp³-hybridized carbons (Fsp3) is 1.00. The van der Waals surface area contributed by atoms with Gasteiger partial charge in [0.15, 0.2) is 0 Å². The molecule has 0 aromatic carbocycles. The Hall–Kier alpha value is -0.120. The van der Waals surface area contributed by atoms with Gasteiger partial charge in [0.05, 0.1) is 11.2 Å². The van der Waals surface area contributed by atoms with Gasteiger partial charge in [-0.3, -0.25) is 0 Å². The minimum absolute atomic E-state index is 0.0807. The third-order valence-electron chi connectivity index (χ3n) is 3.89. The van der Waals surface area contributed by atoms with Crippen LogP contribution in [0.1, 0.15) is 52.9 Å². The first kappa shape index (κ1) is 13.9. The van der Waals surface area contributed by atoms with E-state index in [-0.39, 0.29) is 17.2 Å². The summed E-state index contributed by atoms with van der Waals surface area (Å²) in [5, 5.41) is 0. The first-order valence-electron chi connectivity index (χ1n) is 6.34. The predicted molar refractivity (Wildman–Crippen MR) is 66.5 cm³/mol. The van der Waals surface area contributed by atoms with Crippen LogP contribution in [-0.4, -0.2) is 31.0 Å². The van der Waals surface area contributed by atoms with Crippen molar-refractivity contribution in [2.45, 2.75) is 70.1 Å². The van der Waals surface area contributed by atoms with Gasteiger partial charge in [0, 0.05) is 19.8 Å². The third-order valence-corrected chi connectivity index (χ3v) is 3.89. The Morgan fingerprint density at radius 3 is 2.62 bits per heavy atom. The van der Waals surface area contributed by atoms with Gasteiger partial charge in [-0.15, -0.1) is 0 Å². The highest BCUT2D eigenvalue weighted by molar-refractivity contribution is 4.90. The highest BCUT2D eigenvalue weighted by atomic mass is 16.5. The van der Waals surface area contributed by atoms with Crippen molar-refractivity contribution in [2.24, 2.45) is 5.73 Å². The van der Waals surface area contributed by atoms with Crippen LogP contribution in [0.15, 0.2) is 0 Å². The molecule has 0 bridgehead atoms. The number of hydrogen-bond donors (Lipinski definition) is 1. The zero-order valence-corrected chi connectivity index (χ0v) is 11.2. The van der Waals surface area contributed by atoms with E-state index < -0.39 is 0 Å². The van der Waals surface area contributed by atoms with Crippen LogP contribution >= 0.6 is 0 Å². The number of hydrogen-bond acceptors (Lipinski definition) is 3. The van der Waals surface area contributed by atoms with Crippen molar-refractivity contribution < 1.29 is 9.47 Å². The zero-order chi connectivity index (χ0) is 12.2. The van der Waals surface area contributed by atoms with E-state index in [2.05, 4.69) is 20.8 Å². The van der Waals surface area contributed by atoms with Crippen LogP contribution in [0.5, 0.6) is 0 Å². The summed E-state index contributed by atoms with van der Waals surface area (Å²) in [7, 11) is 1.75. The first-order valence-corrected chi connectivity index (χ1v) is 6.34. The van der Waals surface area contributed by atoms with E-state index in [1.807, 2.05) is 0 Å². The summed E-state index contributed by atoms with van der Waals surface area (Å²) in [6, 6.07) is 0.113. The Bertz CT molecular complexity index is 210. The van der Waals surface area contributed by atoms with E-state index in [9.17, 15) is 0 Å². The van der Waals surface area contributed by atoms with Crippen molar-refractivity contribution in [1.29, 1.82) is 0 Å². The highest BCUT2D eigenvalue weighted by Crippen LogP contribution is 2.30. The Balaban J connectivity index is 2.41. The van der Waals surface area contributed by atoms with E-state index in [1.54, 1.807) is 7.11 Å². The lowest BCUT2D eigenvalue weighted by atomic mass is 9.84. The van der Waals surface area contributed by atoms with E-state index in [0.717, 1.165) is 25.9 Å². The summed E-state index contributed by atoms with van der Waals surface area (Å²) in [5.41, 5.74) is 6.06. The number of nitrogens with two attached hydrogens (primary N) is 1. The molecular weight excluding hydrogens is 202 g/mol. The van der Waals surface area contributed by atoms with E-state index in [0.29, 0.717) is 0 Å². The third kappa shape index (κ3) is 3.72. The molecular formula is C13H27NO2. The van der Waals surface area contributed by atoms with Crippen molar-refractivity contribution in [2.75, 3.05) is 13.7 Å². The Kier molecular flexibility index (Phi) is 4.77. The summed E-state index contributed by atoms with van der Waals surface area (Å²) in [5.74, 6) is 0. The summed E-state index contributed by atoms with van der Waals surface area (Å²) in [4.78, 5) is 0. The second-order valence-electron chi connectivity index (χ2n) is 5.73. The molecule has 0 aliphatic carbocycles. The minimum Gasteiger partial charge on any atom is -0.379 e. The second kappa shape index (κ2) is 5.48. The van der Waals surface area contributed by atoms with Gasteiger partial charge in [0.1, 0.15) is 0 Å². The maximum atomic E-state index is 6.26. The van der Waals surface area contributed by atoms with Gasteiger partial charge in [0.25, 0.3) is 0 Å². The minimum atomic E-state index is -0.123. The molecule has 0 aromatic rings. The number of ether oxygens (including phenoxy) is 2. The van der Waals surface area contributed by atoms with Crippen molar-refractivity contribution in [3.8, 4) is 0 Å². The fourth-order valence-electron chi connectivity index (χ4n) is 2.16. The van der Waals surface area contributed by atoms with Crippen molar-refractivity contribution in [3.63, 3.8) is 0 Å². The molecule has 3 heteroatoms. The number of methoxy groups -OCH3 is 1. The smallest absolute Gasteiger partial charge is 0.0804 e. The maximum Gasteiger partial charge on any atom is 0.0804 e. The van der Waals surface area contributed by atoms with Crippen LogP contribution in [-0.2, 0) is 9.47 Å². The molecule has 1 fully saturated rings. The quantitative estimate of drug-likeness (QED) is 0.787. The van der Waals surface area contributed by atoms with Crippen LogP contribution in [0.4, 0.5) is 0 Å². The molecule has 96 valence electrons. The van der Waals surface area contributed by atoms with Crippen molar-refractivity contribution in [1.82, 2.24) is 0 Å². The molecule has 1 aliphatic rings. The Morgan fingerprint density at radius 2 is 2.12 bits per heavy atom. The van der Waals surface area contributed by atoms with Crippen LogP contribution in [0.2, 0.25) is 0 Å². The van der Waals surface area contributed by atoms with Crippen molar-refractivity contribution >= 4 is 0 Å². The zero-order valence-electron chi connectivity index (χ0n) is 11.2. The fourth-order valence-corrected chi connectivity index (χ4v) is 2.16. The molecule has 1 aliphatic heterocycles. The highest BCUT2D eigenvalue weighted by Gasteiger charge is 2.35. The molecule has 0 amide bonds. The molecule has 3 nitrogen and oxygen atoms in total. The molecule has 2 N–H and O–H groups in total. The summed E-state index contributed by atoms with van der Waals surface area (Å²) < 4.78 is 11.3. The topological polar surface area (TPSA) is 44.5 Å². The van der Waals surface area contributed by atoms with Crippen molar-refractivity contribution in [3.05, 3.63) is 0 Å². The van der Waals surface area contributed by atoms with Gasteiger partial charge >= 0.3 is 0 Å². The molecule has 1 rings (SSSR count). The molecule has 16 heavy (non-hydrogen) atoms. The molecule has 0 saturated carbocycles. The Labute approximate surface area is 99.7 Å². The molecule has 2 unspecified atom stereocenters. The van der Waals surface area contributed by atoms with Crippen LogP contribution in [0.25, 0.3) is 0 Å². The van der Waals surface area contributed by atoms with Gasteiger partial charge in [-0.1, -0.05) is 0 Å². The van der Waals surface area contributed by atoms with Gasteiger partial charge in [-0.25, -0.2) is 0 Å². The SMILES string of the molecule is COC(C)(C)CCC(N)C1(C)CCCCO1. The van der Waals surface area contributed by atoms with Crippen LogP contribution < -0.4 is 5.73 Å². The lowest BCUT2D eigenvalue weighted by molar-refractivity contribution is -0.0866.